The fourth-order valence-corrected chi connectivity index (χ4v) is 4.27. The highest BCUT2D eigenvalue weighted by molar-refractivity contribution is 7.54. The first-order valence-electron chi connectivity index (χ1n) is 7.86. The number of rotatable bonds is 8. The molecule has 1 atom stereocenters. The van der Waals surface area contributed by atoms with Crippen LogP contribution in [0.1, 0.15) is 30.8 Å². The third kappa shape index (κ3) is 4.68. The number of hydrogen-bond acceptors (Lipinski definition) is 4. The fraction of sp³-hybridized carbons (Fsp3) is 0.333. The second kappa shape index (κ2) is 8.30. The number of anilines is 1. The van der Waals surface area contributed by atoms with E-state index in [-0.39, 0.29) is 0 Å². The summed E-state index contributed by atoms with van der Waals surface area (Å²) in [4.78, 5) is 0. The molecule has 2 aromatic carbocycles. The zero-order valence-corrected chi connectivity index (χ0v) is 14.8. The van der Waals surface area contributed by atoms with E-state index in [1.807, 2.05) is 75.4 Å². The third-order valence-corrected chi connectivity index (χ3v) is 5.70. The molecule has 0 spiro atoms. The lowest BCUT2D eigenvalue weighted by Gasteiger charge is -2.28. The van der Waals surface area contributed by atoms with E-state index in [2.05, 4.69) is 5.32 Å². The lowest BCUT2D eigenvalue weighted by atomic mass is 10.2. The number of benzene rings is 2. The first kappa shape index (κ1) is 17.7. The molecule has 4 nitrogen and oxygen atoms in total. The summed E-state index contributed by atoms with van der Waals surface area (Å²) in [7, 11) is -3.34. The summed E-state index contributed by atoms with van der Waals surface area (Å²) in [6.07, 6.45) is 0. The van der Waals surface area contributed by atoms with Crippen molar-refractivity contribution in [3.05, 3.63) is 65.7 Å². The fourth-order valence-electron chi connectivity index (χ4n) is 2.33. The van der Waals surface area contributed by atoms with Crippen molar-refractivity contribution in [1.29, 1.82) is 0 Å². The van der Waals surface area contributed by atoms with Crippen LogP contribution in [0.15, 0.2) is 54.6 Å². The second-order valence-corrected chi connectivity index (χ2v) is 7.31. The summed E-state index contributed by atoms with van der Waals surface area (Å²) < 4.78 is 24.4. The monoisotopic (exact) mass is 333 g/mol. The molecule has 23 heavy (non-hydrogen) atoms. The van der Waals surface area contributed by atoms with Gasteiger partial charge in [-0.05, 0) is 38.5 Å². The van der Waals surface area contributed by atoms with E-state index in [1.165, 1.54) is 5.56 Å². The first-order chi connectivity index (χ1) is 11.1. The predicted octanol–water partition coefficient (Wildman–Crippen LogP) is 5.37. The molecule has 0 amide bonds. The average Bonchev–Trinajstić information content (AvgIpc) is 2.55. The molecule has 0 aliphatic heterocycles. The van der Waals surface area contributed by atoms with Crippen molar-refractivity contribution in [1.82, 2.24) is 0 Å². The number of aryl methyl sites for hydroxylation is 1. The topological polar surface area (TPSA) is 47.6 Å². The van der Waals surface area contributed by atoms with Crippen LogP contribution in [-0.2, 0) is 13.6 Å². The summed E-state index contributed by atoms with van der Waals surface area (Å²) in [5.74, 6) is -0.550. The molecular formula is C18H24NO3P. The molecule has 0 aliphatic carbocycles. The molecule has 1 N–H and O–H groups in total. The van der Waals surface area contributed by atoms with Crippen LogP contribution in [0.3, 0.4) is 0 Å². The SMILES string of the molecule is CCOP(=O)(OCC)C(Nc1ccc(C)cc1)c1ccccc1. The third-order valence-electron chi connectivity index (χ3n) is 3.40. The van der Waals surface area contributed by atoms with Gasteiger partial charge in [0.15, 0.2) is 5.78 Å². The van der Waals surface area contributed by atoms with Crippen molar-refractivity contribution in [2.75, 3.05) is 18.5 Å². The quantitative estimate of drug-likeness (QED) is 0.660. The minimum Gasteiger partial charge on any atom is -0.368 e. The molecule has 0 radical (unpaired) electrons. The molecule has 0 fully saturated rings. The smallest absolute Gasteiger partial charge is 0.357 e. The lowest BCUT2D eigenvalue weighted by molar-refractivity contribution is 0.214. The minimum atomic E-state index is -3.34. The summed E-state index contributed by atoms with van der Waals surface area (Å²) >= 11 is 0. The van der Waals surface area contributed by atoms with Gasteiger partial charge in [0.1, 0.15) is 0 Å². The Morgan fingerprint density at radius 1 is 0.957 bits per heavy atom. The highest BCUT2D eigenvalue weighted by Gasteiger charge is 2.36. The molecule has 5 heteroatoms. The van der Waals surface area contributed by atoms with Gasteiger partial charge < -0.3 is 14.4 Å². The Balaban J connectivity index is 2.38. The Morgan fingerprint density at radius 3 is 2.04 bits per heavy atom. The van der Waals surface area contributed by atoms with Crippen molar-refractivity contribution in [3.8, 4) is 0 Å². The van der Waals surface area contributed by atoms with Gasteiger partial charge in [0, 0.05) is 5.69 Å². The van der Waals surface area contributed by atoms with E-state index in [1.54, 1.807) is 0 Å². The van der Waals surface area contributed by atoms with Gasteiger partial charge >= 0.3 is 7.60 Å². The zero-order valence-electron chi connectivity index (χ0n) is 13.9. The van der Waals surface area contributed by atoms with E-state index in [9.17, 15) is 4.57 Å². The molecule has 1 unspecified atom stereocenters. The van der Waals surface area contributed by atoms with Crippen molar-refractivity contribution < 1.29 is 13.6 Å². The molecule has 2 rings (SSSR count). The van der Waals surface area contributed by atoms with Crippen molar-refractivity contribution >= 4 is 13.3 Å². The molecule has 0 heterocycles. The van der Waals surface area contributed by atoms with Gasteiger partial charge in [-0.2, -0.15) is 0 Å². The standard InChI is InChI=1S/C18H24NO3P/c1-4-21-23(20,22-5-2)18(16-9-7-6-8-10-16)19-17-13-11-15(3)12-14-17/h6-14,18-19H,4-5H2,1-3H3. The Hall–Kier alpha value is -1.61. The average molecular weight is 333 g/mol. The van der Waals surface area contributed by atoms with E-state index in [0.29, 0.717) is 13.2 Å². The normalized spacial score (nSPS) is 12.8. The zero-order chi connectivity index (χ0) is 16.7. The molecule has 2 aromatic rings. The van der Waals surface area contributed by atoms with Gasteiger partial charge in [-0.1, -0.05) is 48.0 Å². The van der Waals surface area contributed by atoms with Crippen LogP contribution in [0.2, 0.25) is 0 Å². The van der Waals surface area contributed by atoms with Crippen molar-refractivity contribution in [2.45, 2.75) is 26.6 Å². The summed E-state index contributed by atoms with van der Waals surface area (Å²) in [6, 6.07) is 17.6. The van der Waals surface area contributed by atoms with Crippen LogP contribution in [0, 0.1) is 6.92 Å². The molecule has 0 aromatic heterocycles. The second-order valence-electron chi connectivity index (χ2n) is 5.20. The summed E-state index contributed by atoms with van der Waals surface area (Å²) in [5, 5.41) is 3.32. The van der Waals surface area contributed by atoms with Crippen LogP contribution in [-0.4, -0.2) is 13.2 Å². The number of hydrogen-bond donors (Lipinski definition) is 1. The van der Waals surface area contributed by atoms with Crippen LogP contribution in [0.5, 0.6) is 0 Å². The van der Waals surface area contributed by atoms with E-state index < -0.39 is 13.4 Å². The van der Waals surface area contributed by atoms with Crippen molar-refractivity contribution in [3.63, 3.8) is 0 Å². The largest absolute Gasteiger partial charge is 0.368 e. The molecular weight excluding hydrogens is 309 g/mol. The van der Waals surface area contributed by atoms with Gasteiger partial charge in [0.2, 0.25) is 0 Å². The first-order valence-corrected chi connectivity index (χ1v) is 9.47. The van der Waals surface area contributed by atoms with E-state index in [0.717, 1.165) is 11.3 Å². The van der Waals surface area contributed by atoms with Crippen LogP contribution < -0.4 is 5.32 Å². The maximum Gasteiger partial charge on any atom is 0.357 e. The van der Waals surface area contributed by atoms with Gasteiger partial charge in [-0.3, -0.25) is 4.57 Å². The maximum absolute atomic E-state index is 13.3. The van der Waals surface area contributed by atoms with Gasteiger partial charge in [-0.25, -0.2) is 0 Å². The molecule has 124 valence electrons. The number of nitrogens with one attached hydrogen (secondary N) is 1. The van der Waals surface area contributed by atoms with E-state index in [4.69, 9.17) is 9.05 Å². The Bertz CT molecular complexity index is 633. The van der Waals surface area contributed by atoms with Crippen LogP contribution >= 0.6 is 7.60 Å². The lowest BCUT2D eigenvalue weighted by Crippen LogP contribution is -2.15. The summed E-state index contributed by atoms with van der Waals surface area (Å²) in [5.41, 5.74) is 2.92. The highest BCUT2D eigenvalue weighted by Crippen LogP contribution is 2.60. The van der Waals surface area contributed by atoms with Gasteiger partial charge in [0.05, 0.1) is 13.2 Å². The predicted molar refractivity (Wildman–Crippen MR) is 94.8 cm³/mol. The van der Waals surface area contributed by atoms with Gasteiger partial charge in [-0.15, -0.1) is 0 Å². The molecule has 0 aliphatic rings. The molecule has 0 saturated carbocycles. The maximum atomic E-state index is 13.3. The van der Waals surface area contributed by atoms with Crippen LogP contribution in [0.25, 0.3) is 0 Å². The molecule has 0 bridgehead atoms. The summed E-state index contributed by atoms with van der Waals surface area (Å²) in [6.45, 7) is 6.33. The Morgan fingerprint density at radius 2 is 1.52 bits per heavy atom. The Labute approximate surface area is 138 Å². The highest BCUT2D eigenvalue weighted by atomic mass is 31.2. The van der Waals surface area contributed by atoms with Gasteiger partial charge in [0.25, 0.3) is 0 Å². The Kier molecular flexibility index (Phi) is 6.40. The minimum absolute atomic E-state index is 0.330. The van der Waals surface area contributed by atoms with E-state index >= 15 is 0 Å². The van der Waals surface area contributed by atoms with Crippen molar-refractivity contribution in [2.24, 2.45) is 0 Å². The molecule has 0 saturated heterocycles. The van der Waals surface area contributed by atoms with Crippen LogP contribution in [0.4, 0.5) is 5.69 Å².